The molecular formula is C15H28O4. The maximum Gasteiger partial charge on any atom is 0.332 e. The van der Waals surface area contributed by atoms with Crippen molar-refractivity contribution in [1.82, 2.24) is 0 Å². The number of hydrogen-bond donors (Lipinski definition) is 0. The minimum atomic E-state index is -0.285. The second-order valence-electron chi connectivity index (χ2n) is 5.18. The molecule has 0 aromatic rings. The van der Waals surface area contributed by atoms with Crippen molar-refractivity contribution in [3.8, 4) is 0 Å². The van der Waals surface area contributed by atoms with Crippen molar-refractivity contribution in [2.24, 2.45) is 0 Å². The van der Waals surface area contributed by atoms with Gasteiger partial charge in [-0.3, -0.25) is 0 Å². The third-order valence-corrected chi connectivity index (χ3v) is 3.27. The Kier molecular flexibility index (Phi) is 9.72. The van der Waals surface area contributed by atoms with E-state index < -0.39 is 0 Å². The molecule has 1 atom stereocenters. The number of ether oxygens (including phenoxy) is 3. The molecule has 0 aromatic carbocycles. The van der Waals surface area contributed by atoms with E-state index in [0.717, 1.165) is 13.0 Å². The lowest BCUT2D eigenvalue weighted by Crippen LogP contribution is -2.36. The first-order valence-electron chi connectivity index (χ1n) is 7.68. The third kappa shape index (κ3) is 9.00. The van der Waals surface area contributed by atoms with E-state index in [1.807, 2.05) is 0 Å². The van der Waals surface area contributed by atoms with E-state index in [9.17, 15) is 4.79 Å². The number of unbranched alkanes of at least 4 members (excludes halogenated alkanes) is 7. The Balaban J connectivity index is 1.79. The molecular weight excluding hydrogens is 244 g/mol. The molecule has 1 heterocycles. The van der Waals surface area contributed by atoms with Crippen LogP contribution in [-0.4, -0.2) is 38.5 Å². The lowest BCUT2D eigenvalue weighted by molar-refractivity contribution is -0.175. The van der Waals surface area contributed by atoms with Gasteiger partial charge in [-0.05, 0) is 6.42 Å². The highest BCUT2D eigenvalue weighted by atomic mass is 16.6. The normalized spacial score (nSPS) is 19.4. The second-order valence-corrected chi connectivity index (χ2v) is 5.18. The summed E-state index contributed by atoms with van der Waals surface area (Å²) in [4.78, 5) is 11.0. The molecule has 0 aromatic heterocycles. The largest absolute Gasteiger partial charge is 0.456 e. The first kappa shape index (κ1) is 16.4. The van der Waals surface area contributed by atoms with Crippen LogP contribution < -0.4 is 0 Å². The molecule has 1 aliphatic rings. The van der Waals surface area contributed by atoms with Crippen LogP contribution in [0.3, 0.4) is 0 Å². The quantitative estimate of drug-likeness (QED) is 0.428. The summed E-state index contributed by atoms with van der Waals surface area (Å²) in [6.07, 6.45) is 10.2. The summed E-state index contributed by atoms with van der Waals surface area (Å²) in [7, 11) is 0. The van der Waals surface area contributed by atoms with Crippen molar-refractivity contribution >= 4 is 5.97 Å². The topological polar surface area (TPSA) is 44.8 Å². The summed E-state index contributed by atoms with van der Waals surface area (Å²) in [5.41, 5.74) is 0. The van der Waals surface area contributed by atoms with Gasteiger partial charge in [0.2, 0.25) is 0 Å². The zero-order valence-electron chi connectivity index (χ0n) is 12.2. The Morgan fingerprint density at radius 3 is 2.47 bits per heavy atom. The third-order valence-electron chi connectivity index (χ3n) is 3.27. The van der Waals surface area contributed by atoms with Crippen molar-refractivity contribution in [3.05, 3.63) is 0 Å². The Bertz CT molecular complexity index is 230. The SMILES string of the molecule is CCCCCCCCCCOCC1COCC(=O)O1. The summed E-state index contributed by atoms with van der Waals surface area (Å²) in [6.45, 7) is 3.99. The van der Waals surface area contributed by atoms with Crippen molar-refractivity contribution < 1.29 is 19.0 Å². The smallest absolute Gasteiger partial charge is 0.332 e. The van der Waals surface area contributed by atoms with E-state index in [-0.39, 0.29) is 18.7 Å². The summed E-state index contributed by atoms with van der Waals surface area (Å²) in [6, 6.07) is 0. The number of cyclic esters (lactones) is 1. The molecule has 0 saturated carbocycles. The number of rotatable bonds is 11. The fourth-order valence-corrected chi connectivity index (χ4v) is 2.16. The zero-order valence-corrected chi connectivity index (χ0v) is 12.2. The van der Waals surface area contributed by atoms with Crippen LogP contribution in [0.4, 0.5) is 0 Å². The van der Waals surface area contributed by atoms with Crippen LogP contribution in [0.25, 0.3) is 0 Å². The molecule has 19 heavy (non-hydrogen) atoms. The van der Waals surface area contributed by atoms with E-state index in [1.54, 1.807) is 0 Å². The summed E-state index contributed by atoms with van der Waals surface area (Å²) >= 11 is 0. The average molecular weight is 272 g/mol. The molecule has 0 amide bonds. The highest BCUT2D eigenvalue weighted by molar-refractivity contribution is 5.71. The molecule has 1 fully saturated rings. The molecule has 112 valence electrons. The molecule has 0 spiro atoms. The van der Waals surface area contributed by atoms with Crippen molar-refractivity contribution in [2.45, 2.75) is 64.4 Å². The first-order valence-corrected chi connectivity index (χ1v) is 7.68. The summed E-state index contributed by atoms with van der Waals surface area (Å²) in [5.74, 6) is -0.285. The van der Waals surface area contributed by atoms with Crippen LogP contribution in [-0.2, 0) is 19.0 Å². The Labute approximate surface area is 116 Å². The van der Waals surface area contributed by atoms with E-state index >= 15 is 0 Å². The number of esters is 1. The molecule has 0 aliphatic carbocycles. The fourth-order valence-electron chi connectivity index (χ4n) is 2.16. The molecule has 0 radical (unpaired) electrons. The van der Waals surface area contributed by atoms with Crippen molar-refractivity contribution in [2.75, 3.05) is 26.4 Å². The highest BCUT2D eigenvalue weighted by Gasteiger charge is 2.20. The molecule has 0 bridgehead atoms. The van der Waals surface area contributed by atoms with Gasteiger partial charge in [-0.2, -0.15) is 0 Å². The highest BCUT2D eigenvalue weighted by Crippen LogP contribution is 2.09. The van der Waals surface area contributed by atoms with Gasteiger partial charge in [-0.25, -0.2) is 4.79 Å². The first-order chi connectivity index (χ1) is 9.33. The molecule has 4 nitrogen and oxygen atoms in total. The monoisotopic (exact) mass is 272 g/mol. The average Bonchev–Trinajstić information content (AvgIpc) is 2.41. The van der Waals surface area contributed by atoms with Gasteiger partial charge in [-0.15, -0.1) is 0 Å². The van der Waals surface area contributed by atoms with Crippen LogP contribution in [0.5, 0.6) is 0 Å². The van der Waals surface area contributed by atoms with E-state index in [1.165, 1.54) is 44.9 Å². The molecule has 1 saturated heterocycles. The second kappa shape index (κ2) is 11.2. The Hall–Kier alpha value is -0.610. The van der Waals surface area contributed by atoms with Crippen LogP contribution >= 0.6 is 0 Å². The van der Waals surface area contributed by atoms with Gasteiger partial charge in [0.15, 0.2) is 0 Å². The van der Waals surface area contributed by atoms with Crippen LogP contribution in [0.1, 0.15) is 58.3 Å². The minimum Gasteiger partial charge on any atom is -0.456 e. The molecule has 1 rings (SSSR count). The number of carbonyl (C=O) groups excluding carboxylic acids is 1. The molecule has 4 heteroatoms. The molecule has 0 N–H and O–H groups in total. The van der Waals surface area contributed by atoms with Gasteiger partial charge >= 0.3 is 5.97 Å². The predicted molar refractivity (Wildman–Crippen MR) is 74.1 cm³/mol. The Morgan fingerprint density at radius 2 is 1.79 bits per heavy atom. The summed E-state index contributed by atoms with van der Waals surface area (Å²) < 4.78 is 15.7. The molecule has 1 unspecified atom stereocenters. The van der Waals surface area contributed by atoms with Gasteiger partial charge in [0.25, 0.3) is 0 Å². The fraction of sp³-hybridized carbons (Fsp3) is 0.933. The van der Waals surface area contributed by atoms with E-state index in [2.05, 4.69) is 6.92 Å². The lowest BCUT2D eigenvalue weighted by atomic mass is 10.1. The van der Waals surface area contributed by atoms with Gasteiger partial charge in [0.05, 0.1) is 13.2 Å². The van der Waals surface area contributed by atoms with E-state index in [4.69, 9.17) is 14.2 Å². The maximum absolute atomic E-state index is 11.0. The number of hydrogen-bond acceptors (Lipinski definition) is 4. The molecule has 1 aliphatic heterocycles. The van der Waals surface area contributed by atoms with Crippen LogP contribution in [0.15, 0.2) is 0 Å². The predicted octanol–water partition coefficient (Wildman–Crippen LogP) is 3.09. The standard InChI is InChI=1S/C15H28O4/c1-2-3-4-5-6-7-8-9-10-17-11-14-12-18-13-15(16)19-14/h14H,2-13H2,1H3. The van der Waals surface area contributed by atoms with Gasteiger partial charge in [0, 0.05) is 6.61 Å². The number of carbonyl (C=O) groups is 1. The van der Waals surface area contributed by atoms with E-state index in [0.29, 0.717) is 13.2 Å². The Morgan fingerprint density at radius 1 is 1.11 bits per heavy atom. The minimum absolute atomic E-state index is 0.0779. The maximum atomic E-state index is 11.0. The van der Waals surface area contributed by atoms with Crippen molar-refractivity contribution in [3.63, 3.8) is 0 Å². The van der Waals surface area contributed by atoms with Crippen molar-refractivity contribution in [1.29, 1.82) is 0 Å². The lowest BCUT2D eigenvalue weighted by Gasteiger charge is -2.22. The summed E-state index contributed by atoms with van der Waals surface area (Å²) in [5, 5.41) is 0. The van der Waals surface area contributed by atoms with Crippen LogP contribution in [0.2, 0.25) is 0 Å². The van der Waals surface area contributed by atoms with Gasteiger partial charge < -0.3 is 14.2 Å². The van der Waals surface area contributed by atoms with Crippen LogP contribution in [0, 0.1) is 0 Å². The zero-order chi connectivity index (χ0) is 13.8. The van der Waals surface area contributed by atoms with Gasteiger partial charge in [0.1, 0.15) is 12.7 Å². The van der Waals surface area contributed by atoms with Gasteiger partial charge in [-0.1, -0.05) is 51.9 Å².